The van der Waals surface area contributed by atoms with Gasteiger partial charge in [-0.25, -0.2) is 0 Å². The first-order valence-electron chi connectivity index (χ1n) is 7.89. The fourth-order valence-corrected chi connectivity index (χ4v) is 4.13. The number of ether oxygens (including phenoxy) is 1. The molecule has 0 N–H and O–H groups in total. The number of carbonyl (C=O) groups is 2. The second-order valence-corrected chi connectivity index (χ2v) is 7.86. The Labute approximate surface area is 175 Å². The molecule has 27 heavy (non-hydrogen) atoms. The van der Waals surface area contributed by atoms with E-state index in [4.69, 9.17) is 39.5 Å². The maximum Gasteiger partial charge on any atom is 0.316 e. The molecule has 0 aliphatic rings. The quantitative estimate of drug-likeness (QED) is 0.256. The molecule has 3 rings (SSSR count). The monoisotopic (exact) mass is 438 g/mol. The summed E-state index contributed by atoms with van der Waals surface area (Å²) in [4.78, 5) is 25.1. The van der Waals surface area contributed by atoms with Crippen molar-refractivity contribution < 1.29 is 14.3 Å². The maximum absolute atomic E-state index is 12.2. The van der Waals surface area contributed by atoms with Crippen molar-refractivity contribution in [1.29, 1.82) is 0 Å². The average Bonchev–Trinajstić information content (AvgIpc) is 2.66. The van der Waals surface area contributed by atoms with Crippen molar-refractivity contribution in [3.05, 3.63) is 75.2 Å². The summed E-state index contributed by atoms with van der Waals surface area (Å²) in [7, 11) is 0. The molecule has 138 valence electrons. The third kappa shape index (κ3) is 4.96. The third-order valence-electron chi connectivity index (χ3n) is 3.75. The molecular formula is C20H13Cl3O3S. The van der Waals surface area contributed by atoms with Gasteiger partial charge in [0.25, 0.3) is 0 Å². The van der Waals surface area contributed by atoms with Gasteiger partial charge >= 0.3 is 5.97 Å². The van der Waals surface area contributed by atoms with Crippen LogP contribution >= 0.6 is 46.6 Å². The molecule has 0 fully saturated rings. The molecule has 0 bridgehead atoms. The summed E-state index contributed by atoms with van der Waals surface area (Å²) < 4.78 is 5.07. The zero-order valence-corrected chi connectivity index (χ0v) is 17.0. The highest BCUT2D eigenvalue weighted by atomic mass is 35.5. The second kappa shape index (κ2) is 8.98. The molecule has 3 nitrogen and oxygen atoms in total. The number of hydrogen-bond donors (Lipinski definition) is 0. The van der Waals surface area contributed by atoms with Crippen LogP contribution in [-0.4, -0.2) is 24.1 Å². The van der Waals surface area contributed by atoms with Crippen LogP contribution in [0.1, 0.15) is 10.4 Å². The van der Waals surface area contributed by atoms with E-state index in [9.17, 15) is 9.59 Å². The van der Waals surface area contributed by atoms with Crippen molar-refractivity contribution in [2.75, 3.05) is 12.4 Å². The standard InChI is InChI=1S/C20H13Cl3O3S/c21-13-7-8-15(22)14(9-13)17(24)10-26-19(25)11-27-18-6-2-4-12-3-1-5-16(23)20(12)18/h1-9H,10-11H2. The van der Waals surface area contributed by atoms with E-state index in [0.29, 0.717) is 10.0 Å². The highest BCUT2D eigenvalue weighted by Gasteiger charge is 2.15. The molecule has 0 aliphatic carbocycles. The molecule has 0 atom stereocenters. The highest BCUT2D eigenvalue weighted by molar-refractivity contribution is 8.00. The van der Waals surface area contributed by atoms with Crippen LogP contribution in [-0.2, 0) is 9.53 Å². The van der Waals surface area contributed by atoms with Gasteiger partial charge in [0.1, 0.15) is 0 Å². The molecule has 7 heteroatoms. The van der Waals surface area contributed by atoms with Gasteiger partial charge in [0.2, 0.25) is 5.78 Å². The van der Waals surface area contributed by atoms with Gasteiger partial charge in [-0.1, -0.05) is 59.1 Å². The lowest BCUT2D eigenvalue weighted by atomic mass is 10.1. The van der Waals surface area contributed by atoms with Crippen LogP contribution in [0.25, 0.3) is 10.8 Å². The highest BCUT2D eigenvalue weighted by Crippen LogP contribution is 2.33. The summed E-state index contributed by atoms with van der Waals surface area (Å²) in [5.74, 6) is -0.856. The third-order valence-corrected chi connectivity index (χ3v) is 5.67. The summed E-state index contributed by atoms with van der Waals surface area (Å²) in [6, 6.07) is 15.9. The Kier molecular flexibility index (Phi) is 6.66. The normalized spacial score (nSPS) is 10.8. The summed E-state index contributed by atoms with van der Waals surface area (Å²) in [6.07, 6.45) is 0. The number of fused-ring (bicyclic) bond motifs is 1. The Hall–Kier alpha value is -1.72. The summed E-state index contributed by atoms with van der Waals surface area (Å²) in [5, 5.41) is 3.15. The van der Waals surface area contributed by atoms with Crippen LogP contribution in [0.5, 0.6) is 0 Å². The van der Waals surface area contributed by atoms with Crippen LogP contribution in [0.15, 0.2) is 59.5 Å². The van der Waals surface area contributed by atoms with Crippen LogP contribution in [0, 0.1) is 0 Å². The van der Waals surface area contributed by atoms with Crippen LogP contribution in [0.2, 0.25) is 15.1 Å². The van der Waals surface area contributed by atoms with Crippen molar-refractivity contribution in [2.45, 2.75) is 4.90 Å². The number of Topliss-reactive ketones (excluding diaryl/α,β-unsaturated/α-hetero) is 1. The number of thioether (sulfide) groups is 1. The lowest BCUT2D eigenvalue weighted by Crippen LogP contribution is -2.15. The van der Waals surface area contributed by atoms with E-state index in [1.54, 1.807) is 12.1 Å². The molecule has 0 unspecified atom stereocenters. The van der Waals surface area contributed by atoms with Crippen LogP contribution in [0.3, 0.4) is 0 Å². The predicted octanol–water partition coefficient (Wildman–Crippen LogP) is 6.32. The molecule has 0 radical (unpaired) electrons. The Morgan fingerprint density at radius 1 is 0.926 bits per heavy atom. The topological polar surface area (TPSA) is 43.4 Å². The summed E-state index contributed by atoms with van der Waals surface area (Å²) in [6.45, 7) is -0.393. The predicted molar refractivity (Wildman–Crippen MR) is 111 cm³/mol. The molecule has 0 saturated heterocycles. The molecule has 0 saturated carbocycles. The van der Waals surface area contributed by atoms with Gasteiger partial charge in [-0.05, 0) is 35.7 Å². The Balaban J connectivity index is 1.61. The van der Waals surface area contributed by atoms with Gasteiger partial charge < -0.3 is 4.74 Å². The molecule has 0 aliphatic heterocycles. The van der Waals surface area contributed by atoms with Gasteiger partial charge in [0, 0.05) is 25.9 Å². The first kappa shape index (κ1) is 20.0. The van der Waals surface area contributed by atoms with Crippen molar-refractivity contribution in [2.24, 2.45) is 0 Å². The number of esters is 1. The molecule has 0 spiro atoms. The average molecular weight is 440 g/mol. The Morgan fingerprint density at radius 2 is 1.67 bits per heavy atom. The minimum absolute atomic E-state index is 0.0564. The van der Waals surface area contributed by atoms with Crippen LogP contribution < -0.4 is 0 Å². The lowest BCUT2D eigenvalue weighted by molar-refractivity contribution is -0.139. The van der Waals surface area contributed by atoms with E-state index in [-0.39, 0.29) is 16.3 Å². The van der Waals surface area contributed by atoms with E-state index < -0.39 is 18.4 Å². The number of rotatable bonds is 6. The summed E-state index contributed by atoms with van der Waals surface area (Å²) in [5.41, 5.74) is 0.227. The van der Waals surface area contributed by atoms with Crippen molar-refractivity contribution >= 4 is 69.1 Å². The molecule has 3 aromatic carbocycles. The Bertz CT molecular complexity index is 1020. The van der Waals surface area contributed by atoms with Crippen molar-refractivity contribution in [3.8, 4) is 0 Å². The molecule has 0 amide bonds. The first-order valence-corrected chi connectivity index (χ1v) is 10.0. The smallest absolute Gasteiger partial charge is 0.316 e. The number of halogens is 3. The second-order valence-electron chi connectivity index (χ2n) is 5.59. The van der Waals surface area contributed by atoms with Gasteiger partial charge in [-0.15, -0.1) is 11.8 Å². The zero-order valence-electron chi connectivity index (χ0n) is 13.9. The zero-order chi connectivity index (χ0) is 19.4. The van der Waals surface area contributed by atoms with E-state index in [1.807, 2.05) is 30.3 Å². The fourth-order valence-electron chi connectivity index (χ4n) is 2.50. The molecule has 0 heterocycles. The van der Waals surface area contributed by atoms with Crippen LogP contribution in [0.4, 0.5) is 0 Å². The van der Waals surface area contributed by atoms with Gasteiger partial charge in [0.15, 0.2) is 6.61 Å². The fraction of sp³-hybridized carbons (Fsp3) is 0.100. The van der Waals surface area contributed by atoms with Gasteiger partial charge in [-0.2, -0.15) is 0 Å². The van der Waals surface area contributed by atoms with Crippen molar-refractivity contribution in [1.82, 2.24) is 0 Å². The van der Waals surface area contributed by atoms with E-state index in [1.165, 1.54) is 23.9 Å². The molecule has 3 aromatic rings. The first-order chi connectivity index (χ1) is 13.0. The molecule has 0 aromatic heterocycles. The number of hydrogen-bond acceptors (Lipinski definition) is 4. The SMILES string of the molecule is O=C(CSc1cccc2cccc(Cl)c12)OCC(=O)c1cc(Cl)ccc1Cl. The largest absolute Gasteiger partial charge is 0.457 e. The van der Waals surface area contributed by atoms with Crippen molar-refractivity contribution in [3.63, 3.8) is 0 Å². The lowest BCUT2D eigenvalue weighted by Gasteiger charge is -2.09. The van der Waals surface area contributed by atoms with Gasteiger partial charge in [-0.3, -0.25) is 9.59 Å². The van der Waals surface area contributed by atoms with E-state index >= 15 is 0 Å². The number of ketones is 1. The number of carbonyl (C=O) groups excluding carboxylic acids is 2. The summed E-state index contributed by atoms with van der Waals surface area (Å²) >= 11 is 19.4. The maximum atomic E-state index is 12.2. The minimum Gasteiger partial charge on any atom is -0.457 e. The van der Waals surface area contributed by atoms with E-state index in [2.05, 4.69) is 0 Å². The minimum atomic E-state index is -0.504. The van der Waals surface area contributed by atoms with E-state index in [0.717, 1.165) is 15.7 Å². The Morgan fingerprint density at radius 3 is 2.44 bits per heavy atom. The van der Waals surface area contributed by atoms with Gasteiger partial charge in [0.05, 0.1) is 10.8 Å². The molecular weight excluding hydrogens is 427 g/mol. The number of benzene rings is 3.